The molecule has 0 fully saturated rings. The summed E-state index contributed by atoms with van der Waals surface area (Å²) in [6.07, 6.45) is 3.41. The van der Waals surface area contributed by atoms with Crippen LogP contribution >= 0.6 is 11.8 Å². The first kappa shape index (κ1) is 19.0. The number of anilines is 1. The average Bonchev–Trinajstić information content (AvgIpc) is 3.23. The molecule has 0 aliphatic carbocycles. The number of benzene rings is 1. The number of nitrogens with zero attached hydrogens (tertiary/aromatic N) is 3. The van der Waals surface area contributed by atoms with Gasteiger partial charge in [0.2, 0.25) is 5.91 Å². The van der Waals surface area contributed by atoms with Crippen molar-refractivity contribution >= 4 is 23.4 Å². The third kappa shape index (κ3) is 4.14. The van der Waals surface area contributed by atoms with Crippen LogP contribution in [0.4, 0.5) is 5.69 Å². The third-order valence-corrected chi connectivity index (χ3v) is 5.17. The number of carbonyl (C=O) groups excluding carboxylic acids is 1. The second-order valence-corrected chi connectivity index (χ2v) is 7.14. The van der Waals surface area contributed by atoms with Crippen LogP contribution in [-0.4, -0.2) is 26.4 Å². The Kier molecular flexibility index (Phi) is 5.81. The molecule has 1 N–H and O–H groups in total. The molecule has 0 aliphatic rings. The minimum Gasteiger partial charge on any atom is -0.469 e. The van der Waals surface area contributed by atoms with E-state index >= 15 is 0 Å². The van der Waals surface area contributed by atoms with Crippen molar-refractivity contribution in [1.29, 1.82) is 0 Å². The molecule has 2 heterocycles. The number of nitrogens with one attached hydrogen (secondary N) is 1. The number of rotatable bonds is 7. The Balaban J connectivity index is 1.74. The zero-order chi connectivity index (χ0) is 19.4. The van der Waals surface area contributed by atoms with Crippen LogP contribution in [0.1, 0.15) is 16.9 Å². The summed E-state index contributed by atoms with van der Waals surface area (Å²) >= 11 is 1.35. The first-order chi connectivity index (χ1) is 13.0. The molecule has 0 aliphatic heterocycles. The number of aromatic nitrogens is 3. The molecule has 0 bridgehead atoms. The number of hydrogen-bond acceptors (Lipinski definition) is 5. The lowest BCUT2D eigenvalue weighted by molar-refractivity contribution is -0.113. The summed E-state index contributed by atoms with van der Waals surface area (Å²) in [7, 11) is 0. The molecular formula is C20H22N4O2S. The maximum absolute atomic E-state index is 12.4. The highest BCUT2D eigenvalue weighted by Gasteiger charge is 2.18. The maximum Gasteiger partial charge on any atom is 0.234 e. The molecule has 0 spiro atoms. The van der Waals surface area contributed by atoms with Gasteiger partial charge in [-0.1, -0.05) is 36.0 Å². The van der Waals surface area contributed by atoms with Crippen LogP contribution in [0, 0.1) is 20.8 Å². The summed E-state index contributed by atoms with van der Waals surface area (Å²) in [6, 6.07) is 7.80. The molecule has 0 unspecified atom stereocenters. The van der Waals surface area contributed by atoms with Gasteiger partial charge in [0.1, 0.15) is 5.76 Å². The third-order valence-electron chi connectivity index (χ3n) is 4.21. The van der Waals surface area contributed by atoms with Gasteiger partial charge in [0.05, 0.1) is 17.6 Å². The van der Waals surface area contributed by atoms with Crippen molar-refractivity contribution in [2.24, 2.45) is 0 Å². The Hall–Kier alpha value is -2.80. The van der Waals surface area contributed by atoms with E-state index in [4.69, 9.17) is 4.42 Å². The minimum absolute atomic E-state index is 0.0772. The smallest absolute Gasteiger partial charge is 0.234 e. The molecule has 7 heteroatoms. The van der Waals surface area contributed by atoms with E-state index in [1.807, 2.05) is 49.6 Å². The van der Waals surface area contributed by atoms with Crippen molar-refractivity contribution in [2.75, 3.05) is 11.1 Å². The van der Waals surface area contributed by atoms with Crippen LogP contribution in [0.25, 0.3) is 11.4 Å². The summed E-state index contributed by atoms with van der Waals surface area (Å²) in [5, 5.41) is 12.2. The highest BCUT2D eigenvalue weighted by Crippen LogP contribution is 2.27. The van der Waals surface area contributed by atoms with Crippen LogP contribution in [-0.2, 0) is 11.3 Å². The van der Waals surface area contributed by atoms with Gasteiger partial charge in [0, 0.05) is 12.2 Å². The van der Waals surface area contributed by atoms with Crippen molar-refractivity contribution in [3.63, 3.8) is 0 Å². The number of para-hydroxylation sites is 1. The molecule has 0 atom stereocenters. The Bertz CT molecular complexity index is 954. The van der Waals surface area contributed by atoms with Gasteiger partial charge >= 0.3 is 0 Å². The first-order valence-corrected chi connectivity index (χ1v) is 9.57. The summed E-state index contributed by atoms with van der Waals surface area (Å²) in [5.41, 5.74) is 3.84. The van der Waals surface area contributed by atoms with E-state index in [9.17, 15) is 4.79 Å². The minimum atomic E-state index is -0.0772. The fraction of sp³-hybridized carbons (Fsp3) is 0.250. The van der Waals surface area contributed by atoms with Gasteiger partial charge in [-0.15, -0.1) is 16.8 Å². The lowest BCUT2D eigenvalue weighted by Crippen LogP contribution is -2.16. The molecule has 1 aromatic carbocycles. The number of allylic oxidation sites excluding steroid dienone is 1. The molecule has 3 rings (SSSR count). The Morgan fingerprint density at radius 3 is 2.63 bits per heavy atom. The van der Waals surface area contributed by atoms with Crippen molar-refractivity contribution in [2.45, 2.75) is 32.5 Å². The van der Waals surface area contributed by atoms with Gasteiger partial charge in [-0.3, -0.25) is 9.36 Å². The molecule has 1 amide bonds. The molecule has 0 saturated carbocycles. The summed E-state index contributed by atoms with van der Waals surface area (Å²) in [5.74, 6) is 1.65. The van der Waals surface area contributed by atoms with Gasteiger partial charge in [-0.25, -0.2) is 0 Å². The topological polar surface area (TPSA) is 73.0 Å². The van der Waals surface area contributed by atoms with Gasteiger partial charge in [-0.2, -0.15) is 0 Å². The fourth-order valence-corrected chi connectivity index (χ4v) is 3.57. The summed E-state index contributed by atoms with van der Waals surface area (Å²) in [4.78, 5) is 12.4. The predicted molar refractivity (Wildman–Crippen MR) is 108 cm³/mol. The number of hydrogen-bond donors (Lipinski definition) is 1. The maximum atomic E-state index is 12.4. The normalized spacial score (nSPS) is 10.8. The predicted octanol–water partition coefficient (Wildman–Crippen LogP) is 4.38. The highest BCUT2D eigenvalue weighted by molar-refractivity contribution is 7.99. The quantitative estimate of drug-likeness (QED) is 0.485. The molecule has 3 aromatic rings. The Morgan fingerprint density at radius 1 is 1.26 bits per heavy atom. The van der Waals surface area contributed by atoms with Crippen molar-refractivity contribution in [3.05, 3.63) is 60.1 Å². The van der Waals surface area contributed by atoms with Crippen LogP contribution in [0.15, 0.2) is 52.8 Å². The Labute approximate surface area is 162 Å². The van der Waals surface area contributed by atoms with Crippen molar-refractivity contribution in [1.82, 2.24) is 14.8 Å². The van der Waals surface area contributed by atoms with Crippen LogP contribution < -0.4 is 5.32 Å². The van der Waals surface area contributed by atoms with Crippen molar-refractivity contribution in [3.8, 4) is 11.4 Å². The Morgan fingerprint density at radius 2 is 2.00 bits per heavy atom. The van der Waals surface area contributed by atoms with Crippen molar-refractivity contribution < 1.29 is 9.21 Å². The van der Waals surface area contributed by atoms with E-state index in [2.05, 4.69) is 22.1 Å². The average molecular weight is 382 g/mol. The van der Waals surface area contributed by atoms with E-state index in [0.717, 1.165) is 28.1 Å². The molecule has 0 saturated heterocycles. The second-order valence-electron chi connectivity index (χ2n) is 6.20. The zero-order valence-electron chi connectivity index (χ0n) is 15.7. The van der Waals surface area contributed by atoms with Gasteiger partial charge < -0.3 is 9.73 Å². The van der Waals surface area contributed by atoms with E-state index in [1.165, 1.54) is 11.8 Å². The largest absolute Gasteiger partial charge is 0.469 e. The standard InChI is InChI=1S/C20H22N4O2S/c1-5-10-24-19(16-9-11-26-15(16)4)22-23-20(24)27-12-17(25)21-18-13(2)7-6-8-14(18)3/h5-9,11H,1,10,12H2,2-4H3,(H,21,25). The van der Waals surface area contributed by atoms with E-state index in [-0.39, 0.29) is 11.7 Å². The van der Waals surface area contributed by atoms with E-state index in [1.54, 1.807) is 12.3 Å². The highest BCUT2D eigenvalue weighted by atomic mass is 32.2. The van der Waals surface area contributed by atoms with E-state index in [0.29, 0.717) is 17.5 Å². The molecular weight excluding hydrogens is 360 g/mol. The second kappa shape index (κ2) is 8.26. The number of furan rings is 1. The van der Waals surface area contributed by atoms with Gasteiger partial charge in [-0.05, 0) is 38.0 Å². The summed E-state index contributed by atoms with van der Waals surface area (Å²) in [6.45, 7) is 10.2. The monoisotopic (exact) mass is 382 g/mol. The lowest BCUT2D eigenvalue weighted by atomic mass is 10.1. The van der Waals surface area contributed by atoms with Gasteiger partial charge in [0.15, 0.2) is 11.0 Å². The van der Waals surface area contributed by atoms with Gasteiger partial charge in [0.25, 0.3) is 0 Å². The summed E-state index contributed by atoms with van der Waals surface area (Å²) < 4.78 is 7.30. The first-order valence-electron chi connectivity index (χ1n) is 8.58. The number of aryl methyl sites for hydroxylation is 3. The molecule has 140 valence electrons. The molecule has 2 aromatic heterocycles. The zero-order valence-corrected chi connectivity index (χ0v) is 16.5. The number of thioether (sulfide) groups is 1. The number of amides is 1. The van der Waals surface area contributed by atoms with Crippen LogP contribution in [0.2, 0.25) is 0 Å². The SMILES string of the molecule is C=CCn1c(SCC(=O)Nc2c(C)cccc2C)nnc1-c1ccoc1C. The van der Waals surface area contributed by atoms with Crippen LogP contribution in [0.5, 0.6) is 0 Å². The molecule has 27 heavy (non-hydrogen) atoms. The van der Waals surface area contributed by atoms with E-state index < -0.39 is 0 Å². The number of carbonyl (C=O) groups is 1. The fourth-order valence-electron chi connectivity index (χ4n) is 2.82. The van der Waals surface area contributed by atoms with Crippen LogP contribution in [0.3, 0.4) is 0 Å². The lowest BCUT2D eigenvalue weighted by Gasteiger charge is -2.11. The molecule has 6 nitrogen and oxygen atoms in total. The molecule has 0 radical (unpaired) electrons.